The van der Waals surface area contributed by atoms with Gasteiger partial charge in [-0.25, -0.2) is 4.68 Å². The molecule has 1 amide bonds. The highest BCUT2D eigenvalue weighted by Crippen LogP contribution is 2.20. The van der Waals surface area contributed by atoms with Crippen molar-refractivity contribution in [1.29, 1.82) is 0 Å². The predicted molar refractivity (Wildman–Crippen MR) is 64.6 cm³/mol. The normalized spacial score (nSPS) is 13.0. The minimum Gasteiger partial charge on any atom is -0.385 e. The van der Waals surface area contributed by atoms with Crippen LogP contribution in [0.25, 0.3) is 0 Å². The summed E-state index contributed by atoms with van der Waals surface area (Å²) in [6.45, 7) is 2.27. The van der Waals surface area contributed by atoms with Crippen LogP contribution in [-0.4, -0.2) is 53.1 Å². The van der Waals surface area contributed by atoms with E-state index in [1.165, 1.54) is 14.0 Å². The molecule has 0 aromatic carbocycles. The van der Waals surface area contributed by atoms with Gasteiger partial charge in [-0.2, -0.15) is 13.2 Å². The number of halogens is 3. The number of methoxy groups -OCH3 is 1. The molecule has 118 valence electrons. The van der Waals surface area contributed by atoms with Crippen LogP contribution in [0.4, 0.5) is 13.2 Å². The molecule has 0 saturated heterocycles. The van der Waals surface area contributed by atoms with Crippen LogP contribution in [0, 0.1) is 0 Å². The molecule has 1 aromatic heterocycles. The van der Waals surface area contributed by atoms with Gasteiger partial charge in [0.1, 0.15) is 6.04 Å². The maximum Gasteiger partial charge on any atom is 0.456 e. The highest BCUT2D eigenvalue weighted by Gasteiger charge is 2.41. The second-order valence-corrected chi connectivity index (χ2v) is 4.22. The highest BCUT2D eigenvalue weighted by atomic mass is 19.4. The topological polar surface area (TPSA) is 86.1 Å². The van der Waals surface area contributed by atoms with Crippen LogP contribution in [0.2, 0.25) is 0 Å². The smallest absolute Gasteiger partial charge is 0.385 e. The molecule has 0 saturated carbocycles. The van der Waals surface area contributed by atoms with E-state index in [0.717, 1.165) is 10.9 Å². The lowest BCUT2D eigenvalue weighted by Gasteiger charge is -2.11. The molecule has 1 N–H and O–H groups in total. The third kappa shape index (κ3) is 4.81. The summed E-state index contributed by atoms with van der Waals surface area (Å²) in [5.41, 5.74) is -0.846. The van der Waals surface area contributed by atoms with E-state index in [1.807, 2.05) is 0 Å². The molecule has 0 fully saturated rings. The monoisotopic (exact) mass is 308 g/mol. The average Bonchev–Trinajstić information content (AvgIpc) is 2.90. The summed E-state index contributed by atoms with van der Waals surface area (Å²) in [5.74, 6) is -2.54. The van der Waals surface area contributed by atoms with Crippen molar-refractivity contribution in [3.63, 3.8) is 0 Å². The van der Waals surface area contributed by atoms with Crippen LogP contribution in [0.1, 0.15) is 29.9 Å². The van der Waals surface area contributed by atoms with E-state index >= 15 is 0 Å². The minimum atomic E-state index is -5.02. The molecule has 1 atom stereocenters. The third-order valence-electron chi connectivity index (χ3n) is 2.60. The molecular formula is C11H15F3N4O3. The van der Waals surface area contributed by atoms with E-state index in [0.29, 0.717) is 19.6 Å². The summed E-state index contributed by atoms with van der Waals surface area (Å²) in [4.78, 5) is 22.7. The van der Waals surface area contributed by atoms with E-state index in [1.54, 1.807) is 0 Å². The fourth-order valence-electron chi connectivity index (χ4n) is 1.41. The zero-order valence-electron chi connectivity index (χ0n) is 11.5. The number of nitrogens with one attached hydrogen (secondary N) is 1. The highest BCUT2D eigenvalue weighted by molar-refractivity contribution is 5.98. The molecule has 0 spiro atoms. The van der Waals surface area contributed by atoms with Crippen molar-refractivity contribution in [2.75, 3.05) is 20.3 Å². The van der Waals surface area contributed by atoms with Gasteiger partial charge in [0.25, 0.3) is 5.78 Å². The van der Waals surface area contributed by atoms with Crippen molar-refractivity contribution in [2.45, 2.75) is 25.6 Å². The molecule has 1 rings (SSSR count). The van der Waals surface area contributed by atoms with Crippen LogP contribution in [0.5, 0.6) is 0 Å². The van der Waals surface area contributed by atoms with E-state index < -0.39 is 29.6 Å². The predicted octanol–water partition coefficient (Wildman–Crippen LogP) is 0.737. The molecule has 1 unspecified atom stereocenters. The Balaban J connectivity index is 2.63. The molecule has 1 heterocycles. The summed E-state index contributed by atoms with van der Waals surface area (Å²) in [6.07, 6.45) is -3.62. The Morgan fingerprint density at radius 1 is 1.48 bits per heavy atom. The van der Waals surface area contributed by atoms with Crippen LogP contribution in [0.3, 0.4) is 0 Å². The van der Waals surface area contributed by atoms with Crippen molar-refractivity contribution in [3.8, 4) is 0 Å². The van der Waals surface area contributed by atoms with Gasteiger partial charge in [0, 0.05) is 20.3 Å². The summed E-state index contributed by atoms with van der Waals surface area (Å²) in [7, 11) is 1.53. The summed E-state index contributed by atoms with van der Waals surface area (Å²) in [6, 6.07) is -0.880. The Bertz CT molecular complexity index is 501. The summed E-state index contributed by atoms with van der Waals surface area (Å²) < 4.78 is 42.4. The Kier molecular flexibility index (Phi) is 5.82. The number of carbonyl (C=O) groups excluding carboxylic acids is 2. The Morgan fingerprint density at radius 3 is 2.71 bits per heavy atom. The Labute approximate surface area is 118 Å². The lowest BCUT2D eigenvalue weighted by molar-refractivity contribution is -0.124. The molecule has 0 aliphatic rings. The van der Waals surface area contributed by atoms with Crippen molar-refractivity contribution in [1.82, 2.24) is 20.3 Å². The minimum absolute atomic E-state index is 0.361. The molecule has 0 radical (unpaired) electrons. The number of ether oxygens (including phenoxy) is 1. The van der Waals surface area contributed by atoms with Crippen LogP contribution < -0.4 is 5.32 Å². The summed E-state index contributed by atoms with van der Waals surface area (Å²) in [5, 5.41) is 9.09. The van der Waals surface area contributed by atoms with E-state index in [2.05, 4.69) is 15.6 Å². The Morgan fingerprint density at radius 2 is 2.14 bits per heavy atom. The van der Waals surface area contributed by atoms with Gasteiger partial charge in [0.05, 0.1) is 6.20 Å². The van der Waals surface area contributed by atoms with Crippen molar-refractivity contribution < 1.29 is 27.5 Å². The largest absolute Gasteiger partial charge is 0.456 e. The zero-order chi connectivity index (χ0) is 16.0. The molecule has 7 nitrogen and oxygen atoms in total. The SMILES string of the molecule is COCCCNC(=O)C(C)n1cc(C(=O)C(F)(F)F)nn1. The first-order chi connectivity index (χ1) is 9.77. The first-order valence-corrected chi connectivity index (χ1v) is 6.07. The number of rotatable bonds is 7. The molecule has 10 heteroatoms. The number of ketones is 1. The van der Waals surface area contributed by atoms with Gasteiger partial charge in [0.15, 0.2) is 5.69 Å². The quantitative estimate of drug-likeness (QED) is 0.593. The molecule has 21 heavy (non-hydrogen) atoms. The number of nitrogens with zero attached hydrogens (tertiary/aromatic N) is 3. The second kappa shape index (κ2) is 7.16. The number of amides is 1. The van der Waals surface area contributed by atoms with Crippen molar-refractivity contribution in [3.05, 3.63) is 11.9 Å². The number of carbonyl (C=O) groups is 2. The fraction of sp³-hybridized carbons (Fsp3) is 0.636. The van der Waals surface area contributed by atoms with Gasteiger partial charge in [-0.1, -0.05) is 5.21 Å². The average molecular weight is 308 g/mol. The van der Waals surface area contributed by atoms with Crippen LogP contribution in [-0.2, 0) is 9.53 Å². The van der Waals surface area contributed by atoms with Gasteiger partial charge >= 0.3 is 6.18 Å². The number of hydrogen-bond donors (Lipinski definition) is 1. The molecule has 0 aliphatic heterocycles. The van der Waals surface area contributed by atoms with Gasteiger partial charge in [0.2, 0.25) is 5.91 Å². The zero-order valence-corrected chi connectivity index (χ0v) is 11.5. The first-order valence-electron chi connectivity index (χ1n) is 6.07. The van der Waals surface area contributed by atoms with Crippen LogP contribution in [0.15, 0.2) is 6.20 Å². The summed E-state index contributed by atoms with van der Waals surface area (Å²) >= 11 is 0. The van der Waals surface area contributed by atoms with Gasteiger partial charge in [-0.15, -0.1) is 5.10 Å². The molecular weight excluding hydrogens is 293 g/mol. The number of alkyl halides is 3. The van der Waals surface area contributed by atoms with Gasteiger partial charge in [-0.3, -0.25) is 9.59 Å². The number of Topliss-reactive ketones (excluding diaryl/α,β-unsaturated/α-hetero) is 1. The van der Waals surface area contributed by atoms with E-state index in [-0.39, 0.29) is 0 Å². The van der Waals surface area contributed by atoms with E-state index in [9.17, 15) is 22.8 Å². The lowest BCUT2D eigenvalue weighted by atomic mass is 10.3. The van der Waals surface area contributed by atoms with Crippen molar-refractivity contribution in [2.24, 2.45) is 0 Å². The van der Waals surface area contributed by atoms with E-state index in [4.69, 9.17) is 4.74 Å². The lowest BCUT2D eigenvalue weighted by Crippen LogP contribution is -2.32. The number of aromatic nitrogens is 3. The second-order valence-electron chi connectivity index (χ2n) is 4.22. The van der Waals surface area contributed by atoms with Crippen LogP contribution >= 0.6 is 0 Å². The number of hydrogen-bond acceptors (Lipinski definition) is 5. The van der Waals surface area contributed by atoms with Gasteiger partial charge < -0.3 is 10.1 Å². The van der Waals surface area contributed by atoms with Crippen molar-refractivity contribution >= 4 is 11.7 Å². The third-order valence-corrected chi connectivity index (χ3v) is 2.60. The first kappa shape index (κ1) is 17.1. The maximum atomic E-state index is 12.2. The standard InChI is InChI=1S/C11H15F3N4O3/c1-7(10(20)15-4-3-5-21-2)18-6-8(16-17-18)9(19)11(12,13)14/h6-7H,3-5H2,1-2H3,(H,15,20). The maximum absolute atomic E-state index is 12.2. The fourth-order valence-corrected chi connectivity index (χ4v) is 1.41. The molecule has 0 aliphatic carbocycles. The molecule has 0 bridgehead atoms. The van der Waals surface area contributed by atoms with Gasteiger partial charge in [-0.05, 0) is 13.3 Å². The Hall–Kier alpha value is -1.97. The molecule has 1 aromatic rings.